The first-order valence-corrected chi connectivity index (χ1v) is 4.17. The molecule has 0 saturated carbocycles. The Balaban J connectivity index is 3.16. The van der Waals surface area contributed by atoms with Crippen molar-refractivity contribution in [3.63, 3.8) is 0 Å². The zero-order valence-electron chi connectivity index (χ0n) is 6.74. The normalized spacial score (nSPS) is 27.0. The molecule has 0 bridgehead atoms. The lowest BCUT2D eigenvalue weighted by atomic mass is 9.92. The number of hydrogen-bond acceptors (Lipinski definition) is 1. The van der Waals surface area contributed by atoms with Crippen LogP contribution in [0.4, 0.5) is 0 Å². The molecule has 1 aliphatic rings. The molecule has 0 heterocycles. The third-order valence-electron chi connectivity index (χ3n) is 2.03. The first kappa shape index (κ1) is 9.08. The Bertz CT molecular complexity index is 238. The van der Waals surface area contributed by atoms with Crippen molar-refractivity contribution in [2.75, 3.05) is 0 Å². The number of carbonyl (C=O) groups is 1. The summed E-state index contributed by atoms with van der Waals surface area (Å²) in [6.45, 7) is 5.43. The smallest absolute Gasteiger partial charge is 0.195 e. The Kier molecular flexibility index (Phi) is 1.85. The van der Waals surface area contributed by atoms with Crippen molar-refractivity contribution < 1.29 is 4.79 Å². The first-order valence-electron chi connectivity index (χ1n) is 3.41. The summed E-state index contributed by atoms with van der Waals surface area (Å²) >= 11 is 11.7. The molecule has 0 saturated heterocycles. The molecular formula is C8H10Cl2O. The van der Waals surface area contributed by atoms with Gasteiger partial charge in [0.15, 0.2) is 10.1 Å². The standard InChI is InChI=1S/C8H10Cl2O/c1-5-4-7(2,3)8(9,10)6(5)11/h4H,1-3H3. The van der Waals surface area contributed by atoms with E-state index in [1.54, 1.807) is 6.92 Å². The molecule has 0 aliphatic heterocycles. The average molecular weight is 193 g/mol. The van der Waals surface area contributed by atoms with Crippen molar-refractivity contribution in [3.05, 3.63) is 11.6 Å². The fourth-order valence-corrected chi connectivity index (χ4v) is 1.64. The van der Waals surface area contributed by atoms with Crippen LogP contribution in [-0.4, -0.2) is 10.1 Å². The van der Waals surface area contributed by atoms with Crippen molar-refractivity contribution >= 4 is 29.0 Å². The van der Waals surface area contributed by atoms with Gasteiger partial charge in [-0.1, -0.05) is 43.1 Å². The van der Waals surface area contributed by atoms with Gasteiger partial charge in [0.25, 0.3) is 0 Å². The van der Waals surface area contributed by atoms with Crippen LogP contribution in [0, 0.1) is 5.41 Å². The van der Waals surface area contributed by atoms with Crippen LogP contribution in [0.15, 0.2) is 11.6 Å². The van der Waals surface area contributed by atoms with Crippen LogP contribution in [0.5, 0.6) is 0 Å². The number of rotatable bonds is 0. The zero-order chi connectivity index (χ0) is 8.86. The molecule has 0 N–H and O–H groups in total. The van der Waals surface area contributed by atoms with Crippen molar-refractivity contribution in [2.24, 2.45) is 5.41 Å². The zero-order valence-corrected chi connectivity index (χ0v) is 8.25. The lowest BCUT2D eigenvalue weighted by Crippen LogP contribution is -2.35. The van der Waals surface area contributed by atoms with Gasteiger partial charge in [0.05, 0.1) is 0 Å². The van der Waals surface area contributed by atoms with Crippen molar-refractivity contribution in [2.45, 2.75) is 25.1 Å². The third kappa shape index (κ3) is 1.11. The van der Waals surface area contributed by atoms with E-state index in [4.69, 9.17) is 23.2 Å². The molecule has 3 heteroatoms. The molecule has 0 radical (unpaired) electrons. The fourth-order valence-electron chi connectivity index (χ4n) is 1.24. The molecule has 0 spiro atoms. The molecular weight excluding hydrogens is 183 g/mol. The van der Waals surface area contributed by atoms with Gasteiger partial charge in [0.1, 0.15) is 0 Å². The third-order valence-corrected chi connectivity index (χ3v) is 3.35. The van der Waals surface area contributed by atoms with Crippen LogP contribution in [0.3, 0.4) is 0 Å². The van der Waals surface area contributed by atoms with E-state index in [9.17, 15) is 4.79 Å². The molecule has 0 unspecified atom stereocenters. The number of halogens is 2. The summed E-state index contributed by atoms with van der Waals surface area (Å²) in [5.74, 6) is -0.175. The summed E-state index contributed by atoms with van der Waals surface area (Å²) in [5, 5.41) is 0. The summed E-state index contributed by atoms with van der Waals surface area (Å²) in [6, 6.07) is 0. The second-order valence-electron chi connectivity index (χ2n) is 3.45. The van der Waals surface area contributed by atoms with E-state index in [1.165, 1.54) is 0 Å². The fraction of sp³-hybridized carbons (Fsp3) is 0.625. The maximum absolute atomic E-state index is 11.3. The second kappa shape index (κ2) is 2.24. The number of ketones is 1. The SMILES string of the molecule is CC1=CC(C)(C)C(Cl)(Cl)C1=O. The molecule has 11 heavy (non-hydrogen) atoms. The minimum absolute atomic E-state index is 0.175. The second-order valence-corrected chi connectivity index (χ2v) is 4.78. The van der Waals surface area contributed by atoms with Gasteiger partial charge in [-0.3, -0.25) is 4.79 Å². The summed E-state index contributed by atoms with van der Waals surface area (Å²) in [6.07, 6.45) is 1.81. The maximum atomic E-state index is 11.3. The van der Waals surface area contributed by atoms with E-state index < -0.39 is 9.75 Å². The van der Waals surface area contributed by atoms with E-state index in [2.05, 4.69) is 0 Å². The van der Waals surface area contributed by atoms with Gasteiger partial charge in [0.2, 0.25) is 0 Å². The number of Topliss-reactive ketones (excluding diaryl/α,β-unsaturated/α-hetero) is 1. The van der Waals surface area contributed by atoms with Gasteiger partial charge in [-0.05, 0) is 12.5 Å². The molecule has 0 amide bonds. The molecule has 0 fully saturated rings. The summed E-state index contributed by atoms with van der Waals surface area (Å²) in [7, 11) is 0. The number of alkyl halides is 2. The molecule has 1 nitrogen and oxygen atoms in total. The molecule has 0 aromatic rings. The van der Waals surface area contributed by atoms with E-state index in [0.717, 1.165) is 0 Å². The van der Waals surface area contributed by atoms with E-state index in [0.29, 0.717) is 5.57 Å². The van der Waals surface area contributed by atoms with Crippen LogP contribution in [0.1, 0.15) is 20.8 Å². The van der Waals surface area contributed by atoms with Gasteiger partial charge in [-0.15, -0.1) is 0 Å². The average Bonchev–Trinajstić information content (AvgIpc) is 1.93. The Morgan fingerprint density at radius 2 is 1.82 bits per heavy atom. The molecule has 62 valence electrons. The van der Waals surface area contributed by atoms with Crippen LogP contribution in [-0.2, 0) is 4.79 Å². The molecule has 0 atom stereocenters. The maximum Gasteiger partial charge on any atom is 0.195 e. The predicted octanol–water partition coefficient (Wildman–Crippen LogP) is 2.72. The molecule has 1 rings (SSSR count). The largest absolute Gasteiger partial charge is 0.291 e. The highest BCUT2D eigenvalue weighted by atomic mass is 35.5. The minimum atomic E-state index is -1.27. The van der Waals surface area contributed by atoms with Crippen molar-refractivity contribution in [1.29, 1.82) is 0 Å². The highest BCUT2D eigenvalue weighted by Gasteiger charge is 2.51. The Morgan fingerprint density at radius 1 is 1.36 bits per heavy atom. The van der Waals surface area contributed by atoms with Crippen molar-refractivity contribution in [3.8, 4) is 0 Å². The number of allylic oxidation sites excluding steroid dienone is 2. The van der Waals surface area contributed by atoms with E-state index in [-0.39, 0.29) is 5.78 Å². The van der Waals surface area contributed by atoms with Gasteiger partial charge in [0, 0.05) is 5.41 Å². The Hall–Kier alpha value is -0.0100. The highest BCUT2D eigenvalue weighted by molar-refractivity contribution is 6.61. The summed E-state index contributed by atoms with van der Waals surface area (Å²) in [4.78, 5) is 11.3. The summed E-state index contributed by atoms with van der Waals surface area (Å²) < 4.78 is -1.27. The Morgan fingerprint density at radius 3 is 1.91 bits per heavy atom. The molecule has 0 aromatic heterocycles. The summed E-state index contributed by atoms with van der Waals surface area (Å²) in [5.41, 5.74) is 0.206. The van der Waals surface area contributed by atoms with Gasteiger partial charge < -0.3 is 0 Å². The van der Waals surface area contributed by atoms with Crippen LogP contribution in [0.2, 0.25) is 0 Å². The van der Waals surface area contributed by atoms with E-state index in [1.807, 2.05) is 19.9 Å². The quantitative estimate of drug-likeness (QED) is 0.540. The monoisotopic (exact) mass is 192 g/mol. The predicted molar refractivity (Wildman–Crippen MR) is 47.0 cm³/mol. The van der Waals surface area contributed by atoms with Crippen LogP contribution in [0.25, 0.3) is 0 Å². The van der Waals surface area contributed by atoms with Crippen LogP contribution >= 0.6 is 23.2 Å². The Labute approximate surface area is 76.4 Å². The van der Waals surface area contributed by atoms with Gasteiger partial charge in [-0.25, -0.2) is 0 Å². The lowest BCUT2D eigenvalue weighted by Gasteiger charge is -2.27. The van der Waals surface area contributed by atoms with Gasteiger partial charge in [-0.2, -0.15) is 0 Å². The van der Waals surface area contributed by atoms with Gasteiger partial charge >= 0.3 is 0 Å². The highest BCUT2D eigenvalue weighted by Crippen LogP contribution is 2.49. The lowest BCUT2D eigenvalue weighted by molar-refractivity contribution is -0.116. The topological polar surface area (TPSA) is 17.1 Å². The molecule has 0 aromatic carbocycles. The minimum Gasteiger partial charge on any atom is -0.291 e. The molecule has 1 aliphatic carbocycles. The first-order chi connectivity index (χ1) is 4.79. The number of hydrogen-bond donors (Lipinski definition) is 0. The number of carbonyl (C=O) groups excluding carboxylic acids is 1. The van der Waals surface area contributed by atoms with Crippen LogP contribution < -0.4 is 0 Å². The van der Waals surface area contributed by atoms with E-state index >= 15 is 0 Å². The van der Waals surface area contributed by atoms with Crippen molar-refractivity contribution in [1.82, 2.24) is 0 Å².